The van der Waals surface area contributed by atoms with E-state index in [1.165, 1.54) is 0 Å². The first-order valence-electron chi connectivity index (χ1n) is 7.67. The van der Waals surface area contributed by atoms with Crippen LogP contribution in [0.4, 0.5) is 5.82 Å². The van der Waals surface area contributed by atoms with Crippen LogP contribution in [0, 0.1) is 12.8 Å². The smallest absolute Gasteiger partial charge is 0.249 e. The van der Waals surface area contributed by atoms with Crippen LogP contribution in [0.15, 0.2) is 10.6 Å². The Bertz CT molecular complexity index is 523. The number of nitrogens with one attached hydrogen (secondary N) is 2. The molecule has 1 aromatic heterocycles. The van der Waals surface area contributed by atoms with Crippen LogP contribution in [-0.4, -0.2) is 35.7 Å². The van der Waals surface area contributed by atoms with Crippen molar-refractivity contribution in [1.29, 1.82) is 0 Å². The zero-order chi connectivity index (χ0) is 16.1. The van der Waals surface area contributed by atoms with Crippen LogP contribution in [0.1, 0.15) is 38.9 Å². The molecule has 1 saturated heterocycles. The maximum Gasteiger partial charge on any atom is 0.249 e. The number of rotatable bonds is 6. The summed E-state index contributed by atoms with van der Waals surface area (Å²) in [6.07, 6.45) is 1.88. The van der Waals surface area contributed by atoms with Gasteiger partial charge in [-0.2, -0.15) is 0 Å². The van der Waals surface area contributed by atoms with Gasteiger partial charge in [0.1, 0.15) is 17.9 Å². The summed E-state index contributed by atoms with van der Waals surface area (Å²) in [6, 6.07) is 1.01. The molecule has 1 aliphatic heterocycles. The largest absolute Gasteiger partial charge is 0.368 e. The molecule has 0 aliphatic carbocycles. The molecule has 1 aliphatic rings. The molecule has 2 unspecified atom stereocenters. The van der Waals surface area contributed by atoms with E-state index < -0.39 is 12.1 Å². The molecular formula is C15H23N3O4. The second-order valence-electron chi connectivity index (χ2n) is 5.69. The number of anilines is 1. The van der Waals surface area contributed by atoms with Crippen LogP contribution in [0.5, 0.6) is 0 Å². The number of carbonyl (C=O) groups excluding carboxylic acids is 2. The summed E-state index contributed by atoms with van der Waals surface area (Å²) in [6.45, 7) is 6.24. The van der Waals surface area contributed by atoms with Crippen LogP contribution in [-0.2, 0) is 14.3 Å². The van der Waals surface area contributed by atoms with Gasteiger partial charge in [-0.15, -0.1) is 0 Å². The quantitative estimate of drug-likeness (QED) is 0.833. The van der Waals surface area contributed by atoms with Gasteiger partial charge in [0.25, 0.3) is 0 Å². The lowest BCUT2D eigenvalue weighted by molar-refractivity contribution is -0.134. The summed E-state index contributed by atoms with van der Waals surface area (Å²) in [5.41, 5.74) is 0. The van der Waals surface area contributed by atoms with Gasteiger partial charge < -0.3 is 19.9 Å². The van der Waals surface area contributed by atoms with E-state index in [1.807, 2.05) is 13.8 Å². The third-order valence-corrected chi connectivity index (χ3v) is 3.89. The summed E-state index contributed by atoms with van der Waals surface area (Å²) in [7, 11) is 0. The molecule has 0 spiro atoms. The Morgan fingerprint density at radius 3 is 2.82 bits per heavy atom. The molecule has 2 rings (SSSR count). The Balaban J connectivity index is 2.01. The highest BCUT2D eigenvalue weighted by molar-refractivity contribution is 5.97. The summed E-state index contributed by atoms with van der Waals surface area (Å²) in [5.74, 6) is 0.433. The summed E-state index contributed by atoms with van der Waals surface area (Å²) in [5, 5.41) is 9.21. The van der Waals surface area contributed by atoms with E-state index in [1.54, 1.807) is 13.0 Å². The number of ether oxygens (including phenoxy) is 1. The fourth-order valence-corrected chi connectivity index (χ4v) is 2.36. The van der Waals surface area contributed by atoms with Crippen molar-refractivity contribution in [3.8, 4) is 0 Å². The Kier molecular flexibility index (Phi) is 5.54. The minimum atomic E-state index is -0.626. The average Bonchev–Trinajstić information content (AvgIpc) is 3.15. The summed E-state index contributed by atoms with van der Waals surface area (Å²) < 4.78 is 10.3. The standard InChI is InChI=1S/C15H23N3O4/c1-4-9(2)13(17-14(19)11-6-5-7-21-11)15(20)16-12-8-10(3)22-18-12/h8-9,11,13H,4-7H2,1-3H3,(H,17,19)(H,16,18,20)/t9?,11?,13-/m0/s1. The van der Waals surface area contributed by atoms with Crippen molar-refractivity contribution >= 4 is 17.6 Å². The van der Waals surface area contributed by atoms with Gasteiger partial charge >= 0.3 is 0 Å². The molecule has 7 nitrogen and oxygen atoms in total. The molecule has 1 aromatic rings. The van der Waals surface area contributed by atoms with Crippen molar-refractivity contribution in [2.45, 2.75) is 52.2 Å². The van der Waals surface area contributed by atoms with Gasteiger partial charge in [-0.1, -0.05) is 25.4 Å². The number of aryl methyl sites for hydroxylation is 1. The highest BCUT2D eigenvalue weighted by Crippen LogP contribution is 2.16. The number of aromatic nitrogens is 1. The highest BCUT2D eigenvalue weighted by atomic mass is 16.5. The van der Waals surface area contributed by atoms with Crippen molar-refractivity contribution in [2.75, 3.05) is 11.9 Å². The number of hydrogen-bond acceptors (Lipinski definition) is 5. The molecule has 0 radical (unpaired) electrons. The summed E-state index contributed by atoms with van der Waals surface area (Å²) >= 11 is 0. The molecule has 7 heteroatoms. The lowest BCUT2D eigenvalue weighted by atomic mass is 9.98. The molecule has 2 amide bonds. The summed E-state index contributed by atoms with van der Waals surface area (Å²) in [4.78, 5) is 24.6. The van der Waals surface area contributed by atoms with Crippen molar-refractivity contribution in [3.05, 3.63) is 11.8 Å². The first kappa shape index (κ1) is 16.5. The monoisotopic (exact) mass is 309 g/mol. The fraction of sp³-hybridized carbons (Fsp3) is 0.667. The van der Waals surface area contributed by atoms with Gasteiger partial charge in [-0.3, -0.25) is 9.59 Å². The van der Waals surface area contributed by atoms with Crippen LogP contribution >= 0.6 is 0 Å². The molecule has 1 fully saturated rings. The Hall–Kier alpha value is -1.89. The molecule has 0 saturated carbocycles. The predicted octanol–water partition coefficient (Wildman–Crippen LogP) is 1.63. The van der Waals surface area contributed by atoms with Gasteiger partial charge in [-0.05, 0) is 25.7 Å². The maximum atomic E-state index is 12.4. The van der Waals surface area contributed by atoms with Gasteiger partial charge in [0.15, 0.2) is 5.82 Å². The van der Waals surface area contributed by atoms with Gasteiger partial charge in [0.05, 0.1) is 0 Å². The Labute approximate surface area is 129 Å². The number of carbonyl (C=O) groups is 2. The van der Waals surface area contributed by atoms with Crippen LogP contribution < -0.4 is 10.6 Å². The van der Waals surface area contributed by atoms with Crippen molar-refractivity contribution < 1.29 is 18.8 Å². The van der Waals surface area contributed by atoms with Gasteiger partial charge in [0.2, 0.25) is 11.8 Å². The van der Waals surface area contributed by atoms with Crippen LogP contribution in [0.25, 0.3) is 0 Å². The van der Waals surface area contributed by atoms with E-state index >= 15 is 0 Å². The normalized spacial score (nSPS) is 20.4. The van der Waals surface area contributed by atoms with Crippen molar-refractivity contribution in [2.24, 2.45) is 5.92 Å². The second kappa shape index (κ2) is 7.40. The van der Waals surface area contributed by atoms with E-state index in [4.69, 9.17) is 9.26 Å². The number of hydrogen-bond donors (Lipinski definition) is 2. The average molecular weight is 309 g/mol. The Morgan fingerprint density at radius 1 is 1.50 bits per heavy atom. The van der Waals surface area contributed by atoms with E-state index in [9.17, 15) is 9.59 Å². The lowest BCUT2D eigenvalue weighted by Gasteiger charge is -2.24. The third kappa shape index (κ3) is 4.07. The molecule has 122 valence electrons. The molecular weight excluding hydrogens is 286 g/mol. The molecule has 22 heavy (non-hydrogen) atoms. The highest BCUT2D eigenvalue weighted by Gasteiger charge is 2.31. The van der Waals surface area contributed by atoms with E-state index in [0.717, 1.165) is 12.8 Å². The lowest BCUT2D eigenvalue weighted by Crippen LogP contribution is -2.50. The van der Waals surface area contributed by atoms with Crippen molar-refractivity contribution in [1.82, 2.24) is 10.5 Å². The molecule has 3 atom stereocenters. The van der Waals surface area contributed by atoms with Crippen LogP contribution in [0.2, 0.25) is 0 Å². The Morgan fingerprint density at radius 2 is 2.27 bits per heavy atom. The molecule has 2 heterocycles. The van der Waals surface area contributed by atoms with E-state index in [2.05, 4.69) is 15.8 Å². The number of nitrogens with zero attached hydrogens (tertiary/aromatic N) is 1. The van der Waals surface area contributed by atoms with Crippen molar-refractivity contribution in [3.63, 3.8) is 0 Å². The predicted molar refractivity (Wildman–Crippen MR) is 80.2 cm³/mol. The van der Waals surface area contributed by atoms with Gasteiger partial charge in [-0.25, -0.2) is 0 Å². The van der Waals surface area contributed by atoms with E-state index in [-0.39, 0.29) is 17.7 Å². The number of amides is 2. The second-order valence-corrected chi connectivity index (χ2v) is 5.69. The van der Waals surface area contributed by atoms with Crippen LogP contribution in [0.3, 0.4) is 0 Å². The minimum absolute atomic E-state index is 0.00153. The first-order chi connectivity index (χ1) is 10.5. The maximum absolute atomic E-state index is 12.4. The first-order valence-corrected chi connectivity index (χ1v) is 7.67. The SMILES string of the molecule is CCC(C)[C@H](NC(=O)C1CCCO1)C(=O)Nc1cc(C)on1. The zero-order valence-electron chi connectivity index (χ0n) is 13.2. The minimum Gasteiger partial charge on any atom is -0.368 e. The van der Waals surface area contributed by atoms with E-state index in [0.29, 0.717) is 24.6 Å². The zero-order valence-corrected chi connectivity index (χ0v) is 13.2. The fourth-order valence-electron chi connectivity index (χ4n) is 2.36. The van der Waals surface area contributed by atoms with Gasteiger partial charge in [0, 0.05) is 12.7 Å². The topological polar surface area (TPSA) is 93.5 Å². The molecule has 0 aromatic carbocycles. The molecule has 2 N–H and O–H groups in total. The molecule has 0 bridgehead atoms. The third-order valence-electron chi connectivity index (χ3n) is 3.89.